The fourth-order valence-corrected chi connectivity index (χ4v) is 1.62. The van der Waals surface area contributed by atoms with E-state index in [1.165, 1.54) is 7.11 Å². The fraction of sp³-hybridized carbons (Fsp3) is 0.273. The minimum absolute atomic E-state index is 0.280. The number of amides is 1. The standard InChI is InChI=1S/C11H14N2O3S/c1-7(10(14)16-2)8-3-5-9(6-4-8)13-17-11(12)15/h3-7,13H,1-2H3,(H2,12,15)/t7-/m1/s1. The Balaban J connectivity index is 2.67. The van der Waals surface area contributed by atoms with E-state index in [4.69, 9.17) is 5.73 Å². The number of ether oxygens (including phenoxy) is 1. The van der Waals surface area contributed by atoms with Gasteiger partial charge in [0.1, 0.15) is 0 Å². The van der Waals surface area contributed by atoms with Crippen molar-refractivity contribution in [3.05, 3.63) is 29.8 Å². The van der Waals surface area contributed by atoms with Crippen molar-refractivity contribution in [1.29, 1.82) is 0 Å². The molecular weight excluding hydrogens is 240 g/mol. The molecule has 1 aromatic carbocycles. The maximum Gasteiger partial charge on any atom is 0.312 e. The van der Waals surface area contributed by atoms with Crippen molar-refractivity contribution in [2.75, 3.05) is 11.8 Å². The molecule has 6 heteroatoms. The summed E-state index contributed by atoms with van der Waals surface area (Å²) in [6, 6.07) is 7.13. The van der Waals surface area contributed by atoms with Crippen LogP contribution in [0.3, 0.4) is 0 Å². The molecule has 0 radical (unpaired) electrons. The summed E-state index contributed by atoms with van der Waals surface area (Å²) >= 11 is 0.807. The number of methoxy groups -OCH3 is 1. The first-order chi connectivity index (χ1) is 8.04. The van der Waals surface area contributed by atoms with E-state index in [2.05, 4.69) is 9.46 Å². The van der Waals surface area contributed by atoms with Gasteiger partial charge in [-0.25, -0.2) is 0 Å². The lowest BCUT2D eigenvalue weighted by Crippen LogP contribution is -2.10. The maximum absolute atomic E-state index is 11.3. The number of benzene rings is 1. The molecule has 3 N–H and O–H groups in total. The SMILES string of the molecule is COC(=O)[C@H](C)c1ccc(NSC(N)=O)cc1. The van der Waals surface area contributed by atoms with Crippen LogP contribution < -0.4 is 10.5 Å². The van der Waals surface area contributed by atoms with Crippen LogP contribution in [-0.2, 0) is 9.53 Å². The van der Waals surface area contributed by atoms with E-state index in [9.17, 15) is 9.59 Å². The third-order valence-electron chi connectivity index (χ3n) is 2.23. The van der Waals surface area contributed by atoms with Gasteiger partial charge in [0.2, 0.25) is 0 Å². The highest BCUT2D eigenvalue weighted by Gasteiger charge is 2.14. The minimum Gasteiger partial charge on any atom is -0.469 e. The van der Waals surface area contributed by atoms with Gasteiger partial charge in [0.05, 0.1) is 13.0 Å². The Hall–Kier alpha value is -1.69. The quantitative estimate of drug-likeness (QED) is 0.635. The molecule has 1 aromatic rings. The maximum atomic E-state index is 11.3. The largest absolute Gasteiger partial charge is 0.469 e. The van der Waals surface area contributed by atoms with Gasteiger partial charge in [0, 0.05) is 17.6 Å². The Kier molecular flexibility index (Phi) is 4.84. The molecule has 17 heavy (non-hydrogen) atoms. The van der Waals surface area contributed by atoms with Crippen LogP contribution in [0.5, 0.6) is 0 Å². The van der Waals surface area contributed by atoms with E-state index < -0.39 is 5.24 Å². The van der Waals surface area contributed by atoms with E-state index in [1.54, 1.807) is 31.2 Å². The molecule has 1 rings (SSSR count). The number of esters is 1. The number of anilines is 1. The molecule has 5 nitrogen and oxygen atoms in total. The van der Waals surface area contributed by atoms with E-state index >= 15 is 0 Å². The fourth-order valence-electron chi connectivity index (χ4n) is 1.26. The van der Waals surface area contributed by atoms with Gasteiger partial charge >= 0.3 is 5.97 Å². The van der Waals surface area contributed by atoms with Crippen molar-refractivity contribution in [3.8, 4) is 0 Å². The highest BCUT2D eigenvalue weighted by molar-refractivity contribution is 8.14. The number of carbonyl (C=O) groups is 2. The lowest BCUT2D eigenvalue weighted by atomic mass is 10.0. The van der Waals surface area contributed by atoms with Crippen molar-refractivity contribution in [3.63, 3.8) is 0 Å². The van der Waals surface area contributed by atoms with Crippen molar-refractivity contribution in [2.24, 2.45) is 5.73 Å². The molecule has 0 bridgehead atoms. The van der Waals surface area contributed by atoms with Gasteiger partial charge in [-0.05, 0) is 24.6 Å². The van der Waals surface area contributed by atoms with Crippen molar-refractivity contribution in [1.82, 2.24) is 0 Å². The molecule has 0 saturated carbocycles. The molecule has 0 aliphatic heterocycles. The molecule has 92 valence electrons. The van der Waals surface area contributed by atoms with Crippen LogP contribution in [0, 0.1) is 0 Å². The Morgan fingerprint density at radius 3 is 2.41 bits per heavy atom. The predicted octanol–water partition coefficient (Wildman–Crippen LogP) is 2.10. The molecule has 0 unspecified atom stereocenters. The van der Waals surface area contributed by atoms with Gasteiger partial charge in [-0.2, -0.15) is 0 Å². The average Bonchev–Trinajstić information content (AvgIpc) is 2.35. The van der Waals surface area contributed by atoms with Crippen molar-refractivity contribution >= 4 is 28.8 Å². The molecular formula is C11H14N2O3S. The summed E-state index contributed by atoms with van der Waals surface area (Å²) in [5.41, 5.74) is 6.57. The monoisotopic (exact) mass is 254 g/mol. The topological polar surface area (TPSA) is 81.4 Å². The van der Waals surface area contributed by atoms with E-state index in [0.29, 0.717) is 0 Å². The molecule has 1 amide bonds. The van der Waals surface area contributed by atoms with Crippen LogP contribution in [0.4, 0.5) is 10.5 Å². The summed E-state index contributed by atoms with van der Waals surface area (Å²) in [5.74, 6) is -0.588. The number of hydrogen-bond donors (Lipinski definition) is 2. The lowest BCUT2D eigenvalue weighted by Gasteiger charge is -2.10. The predicted molar refractivity (Wildman–Crippen MR) is 67.7 cm³/mol. The van der Waals surface area contributed by atoms with E-state index in [1.807, 2.05) is 0 Å². The van der Waals surface area contributed by atoms with Crippen LogP contribution in [-0.4, -0.2) is 18.3 Å². The Bertz CT molecular complexity index is 406. The number of carbonyl (C=O) groups excluding carboxylic acids is 2. The average molecular weight is 254 g/mol. The number of nitrogens with one attached hydrogen (secondary N) is 1. The third-order valence-corrected chi connectivity index (χ3v) is 2.77. The summed E-state index contributed by atoms with van der Waals surface area (Å²) in [5, 5.41) is -0.503. The molecule has 0 spiro atoms. The first-order valence-electron chi connectivity index (χ1n) is 4.94. The summed E-state index contributed by atoms with van der Waals surface area (Å²) in [6.07, 6.45) is 0. The van der Waals surface area contributed by atoms with E-state index in [0.717, 1.165) is 23.2 Å². The molecule has 0 fully saturated rings. The van der Waals surface area contributed by atoms with Crippen LogP contribution >= 0.6 is 11.9 Å². The van der Waals surface area contributed by atoms with Gasteiger partial charge in [-0.3, -0.25) is 9.59 Å². The molecule has 0 saturated heterocycles. The minimum atomic E-state index is -0.503. The molecule has 0 aromatic heterocycles. The highest BCUT2D eigenvalue weighted by Crippen LogP contribution is 2.20. The van der Waals surface area contributed by atoms with Crippen molar-refractivity contribution in [2.45, 2.75) is 12.8 Å². The summed E-state index contributed by atoms with van der Waals surface area (Å²) < 4.78 is 7.44. The molecule has 0 heterocycles. The second-order valence-electron chi connectivity index (χ2n) is 3.39. The van der Waals surface area contributed by atoms with Gasteiger partial charge in [-0.15, -0.1) is 0 Å². The number of primary amides is 1. The third kappa shape index (κ3) is 3.99. The van der Waals surface area contributed by atoms with E-state index in [-0.39, 0.29) is 11.9 Å². The van der Waals surface area contributed by atoms with Gasteiger partial charge in [-0.1, -0.05) is 12.1 Å². The smallest absolute Gasteiger partial charge is 0.312 e. The van der Waals surface area contributed by atoms with Gasteiger partial charge in [0.15, 0.2) is 0 Å². The Labute approximate surface area is 104 Å². The zero-order chi connectivity index (χ0) is 12.8. The van der Waals surface area contributed by atoms with Crippen molar-refractivity contribution < 1.29 is 14.3 Å². The Morgan fingerprint density at radius 1 is 1.35 bits per heavy atom. The zero-order valence-electron chi connectivity index (χ0n) is 9.60. The van der Waals surface area contributed by atoms with Crippen LogP contribution in [0.25, 0.3) is 0 Å². The second-order valence-corrected chi connectivity index (χ2v) is 4.20. The molecule has 0 aliphatic carbocycles. The second kappa shape index (κ2) is 6.15. The number of hydrogen-bond acceptors (Lipinski definition) is 5. The van der Waals surface area contributed by atoms with Crippen LogP contribution in [0.1, 0.15) is 18.4 Å². The zero-order valence-corrected chi connectivity index (χ0v) is 10.4. The van der Waals surface area contributed by atoms with Crippen LogP contribution in [0.2, 0.25) is 0 Å². The first-order valence-corrected chi connectivity index (χ1v) is 5.76. The summed E-state index contributed by atoms with van der Waals surface area (Å²) in [4.78, 5) is 21.8. The number of rotatable bonds is 4. The summed E-state index contributed by atoms with van der Waals surface area (Å²) in [6.45, 7) is 1.77. The number of nitrogens with two attached hydrogens (primary N) is 1. The normalized spacial score (nSPS) is 11.6. The molecule has 0 aliphatic rings. The molecule has 1 atom stereocenters. The highest BCUT2D eigenvalue weighted by atomic mass is 32.2. The first kappa shape index (κ1) is 13.4. The Morgan fingerprint density at radius 2 is 1.94 bits per heavy atom. The van der Waals surface area contributed by atoms with Gasteiger partial charge < -0.3 is 15.2 Å². The van der Waals surface area contributed by atoms with Gasteiger partial charge in [0.25, 0.3) is 5.24 Å². The lowest BCUT2D eigenvalue weighted by molar-refractivity contribution is -0.141. The summed E-state index contributed by atoms with van der Waals surface area (Å²) in [7, 11) is 1.36. The van der Waals surface area contributed by atoms with Crippen LogP contribution in [0.15, 0.2) is 24.3 Å².